The third-order valence-electron chi connectivity index (χ3n) is 9.25. The average Bonchev–Trinajstić information content (AvgIpc) is 3.17. The summed E-state index contributed by atoms with van der Waals surface area (Å²) in [5.74, 6) is -0.851. The second-order valence-electron chi connectivity index (χ2n) is 13.2. The summed E-state index contributed by atoms with van der Waals surface area (Å²) in [7, 11) is 0. The van der Waals surface area contributed by atoms with Crippen molar-refractivity contribution in [1.29, 1.82) is 0 Å². The molecule has 8 heteroatoms. The van der Waals surface area contributed by atoms with Gasteiger partial charge in [-0.25, -0.2) is 0 Å². The van der Waals surface area contributed by atoms with Crippen molar-refractivity contribution in [3.63, 3.8) is 0 Å². The lowest BCUT2D eigenvalue weighted by atomic mass is 9.97. The van der Waals surface area contributed by atoms with Gasteiger partial charge in [0, 0.05) is 45.1 Å². The first kappa shape index (κ1) is 36.7. The zero-order chi connectivity index (χ0) is 36.3. The van der Waals surface area contributed by atoms with Crippen LogP contribution in [0.2, 0.25) is 0 Å². The van der Waals surface area contributed by atoms with E-state index in [2.05, 4.69) is 70.9 Å². The maximum absolute atomic E-state index is 12.5. The number of esters is 1. The third kappa shape index (κ3) is 10.0. The van der Waals surface area contributed by atoms with Crippen molar-refractivity contribution in [2.75, 3.05) is 6.54 Å². The molecule has 0 spiro atoms. The molecule has 8 nitrogen and oxygen atoms in total. The number of hydrogen-bond donors (Lipinski definition) is 2. The van der Waals surface area contributed by atoms with Crippen LogP contribution in [0.1, 0.15) is 66.0 Å². The molecule has 0 unspecified atom stereocenters. The standard InChI is InChI=1S/C44H46N2O6/c1-31(50-32(2)48)43(49)45-26-39-15-9-10-16-41(39)36-21-23-38(24-22-36)44-51-40(25-42(52-44)37-19-17-35(30-47)18-20-37)29-46(27-33-11-5-3-6-12-33)28-34-13-7-4-8-14-34/h3-24,31,40,42,44,47H,25-30H2,1-2H3,(H,45,49)/t31-,40+,42-,44-/m0/s1. The smallest absolute Gasteiger partial charge is 0.303 e. The van der Waals surface area contributed by atoms with Gasteiger partial charge in [-0.1, -0.05) is 133 Å². The van der Waals surface area contributed by atoms with Gasteiger partial charge in [0.05, 0.1) is 18.8 Å². The van der Waals surface area contributed by atoms with Crippen molar-refractivity contribution in [3.05, 3.63) is 167 Å². The van der Waals surface area contributed by atoms with E-state index in [1.165, 1.54) is 18.1 Å². The number of nitrogens with one attached hydrogen (secondary N) is 1. The predicted molar refractivity (Wildman–Crippen MR) is 200 cm³/mol. The highest BCUT2D eigenvalue weighted by Crippen LogP contribution is 2.39. The van der Waals surface area contributed by atoms with Gasteiger partial charge >= 0.3 is 5.97 Å². The van der Waals surface area contributed by atoms with Crippen LogP contribution in [0, 0.1) is 0 Å². The second-order valence-corrected chi connectivity index (χ2v) is 13.2. The van der Waals surface area contributed by atoms with E-state index < -0.39 is 18.4 Å². The van der Waals surface area contributed by atoms with Crippen molar-refractivity contribution in [1.82, 2.24) is 10.2 Å². The normalized spacial score (nSPS) is 17.7. The molecule has 0 saturated carbocycles. The summed E-state index contributed by atoms with van der Waals surface area (Å²) in [6, 6.07) is 45.1. The van der Waals surface area contributed by atoms with Gasteiger partial charge in [0.2, 0.25) is 0 Å². The molecule has 0 aliphatic carbocycles. The molecular weight excluding hydrogens is 652 g/mol. The molecule has 1 aliphatic rings. The van der Waals surface area contributed by atoms with Gasteiger partial charge in [0.15, 0.2) is 12.4 Å². The Kier molecular flexibility index (Phi) is 12.6. The van der Waals surface area contributed by atoms with Gasteiger partial charge in [-0.05, 0) is 45.9 Å². The minimum Gasteiger partial charge on any atom is -0.453 e. The number of carbonyl (C=O) groups is 2. The first-order valence-electron chi connectivity index (χ1n) is 17.8. The van der Waals surface area contributed by atoms with Crippen LogP contribution in [-0.4, -0.2) is 40.6 Å². The topological polar surface area (TPSA) is 97.3 Å². The molecule has 1 amide bonds. The molecule has 52 heavy (non-hydrogen) atoms. The van der Waals surface area contributed by atoms with E-state index in [1.807, 2.05) is 72.8 Å². The van der Waals surface area contributed by atoms with Gasteiger partial charge < -0.3 is 24.6 Å². The van der Waals surface area contributed by atoms with Gasteiger partial charge in [-0.3, -0.25) is 14.5 Å². The lowest BCUT2D eigenvalue weighted by Crippen LogP contribution is -2.39. The summed E-state index contributed by atoms with van der Waals surface area (Å²) < 4.78 is 18.5. The molecule has 5 aromatic carbocycles. The van der Waals surface area contributed by atoms with Gasteiger partial charge in [-0.15, -0.1) is 0 Å². The monoisotopic (exact) mass is 698 g/mol. The minimum atomic E-state index is -0.872. The number of hydrogen-bond acceptors (Lipinski definition) is 7. The lowest BCUT2D eigenvalue weighted by Gasteiger charge is -2.38. The van der Waals surface area contributed by atoms with Crippen LogP contribution in [0.3, 0.4) is 0 Å². The Labute approximate surface area is 306 Å². The Morgan fingerprint density at radius 1 is 0.769 bits per heavy atom. The van der Waals surface area contributed by atoms with Crippen molar-refractivity contribution in [3.8, 4) is 11.1 Å². The molecule has 4 atom stereocenters. The first-order chi connectivity index (χ1) is 25.3. The minimum absolute atomic E-state index is 0.0106. The molecule has 0 bridgehead atoms. The molecule has 268 valence electrons. The fourth-order valence-electron chi connectivity index (χ4n) is 6.59. The SMILES string of the molecule is CC(=O)O[C@@H](C)C(=O)NCc1ccccc1-c1ccc([C@H]2O[C@@H](CN(Cc3ccccc3)Cc3ccccc3)C[C@@H](c3ccc(CO)cc3)O2)cc1. The Hall–Kier alpha value is -5.12. The summed E-state index contributed by atoms with van der Waals surface area (Å²) in [5.41, 5.74) is 8.20. The fraction of sp³-hybridized carbons (Fsp3) is 0.273. The van der Waals surface area contributed by atoms with E-state index in [0.29, 0.717) is 13.0 Å². The van der Waals surface area contributed by atoms with Gasteiger partial charge in [-0.2, -0.15) is 0 Å². The number of rotatable bonds is 14. The number of amides is 1. The molecule has 2 N–H and O–H groups in total. The van der Waals surface area contributed by atoms with E-state index in [1.54, 1.807) is 6.92 Å². The van der Waals surface area contributed by atoms with Crippen LogP contribution >= 0.6 is 0 Å². The highest BCUT2D eigenvalue weighted by atomic mass is 16.7. The molecule has 1 aliphatic heterocycles. The van der Waals surface area contributed by atoms with Crippen LogP contribution in [0.4, 0.5) is 0 Å². The molecular formula is C44H46N2O6. The van der Waals surface area contributed by atoms with Crippen molar-refractivity contribution < 1.29 is 28.9 Å². The number of ether oxygens (including phenoxy) is 3. The number of nitrogens with zero attached hydrogens (tertiary/aromatic N) is 1. The molecule has 0 radical (unpaired) electrons. The Morgan fingerprint density at radius 2 is 1.37 bits per heavy atom. The van der Waals surface area contributed by atoms with E-state index in [0.717, 1.165) is 46.5 Å². The number of aliphatic hydroxyl groups excluding tert-OH is 1. The summed E-state index contributed by atoms with van der Waals surface area (Å²) in [6.07, 6.45) is -1.11. The molecule has 0 aromatic heterocycles. The largest absolute Gasteiger partial charge is 0.453 e. The van der Waals surface area contributed by atoms with Crippen LogP contribution in [0.15, 0.2) is 133 Å². The lowest BCUT2D eigenvalue weighted by molar-refractivity contribution is -0.253. The molecule has 1 heterocycles. The number of aliphatic hydroxyl groups is 1. The van der Waals surface area contributed by atoms with Crippen LogP contribution in [0.25, 0.3) is 11.1 Å². The van der Waals surface area contributed by atoms with Gasteiger partial charge in [0.1, 0.15) is 0 Å². The Morgan fingerprint density at radius 3 is 1.98 bits per heavy atom. The van der Waals surface area contributed by atoms with E-state index >= 15 is 0 Å². The highest BCUT2D eigenvalue weighted by molar-refractivity contribution is 5.83. The van der Waals surface area contributed by atoms with Crippen molar-refractivity contribution in [2.45, 2.75) is 71.1 Å². The fourth-order valence-corrected chi connectivity index (χ4v) is 6.59. The van der Waals surface area contributed by atoms with Crippen LogP contribution in [-0.2, 0) is 50.0 Å². The maximum atomic E-state index is 12.5. The Balaban J connectivity index is 1.22. The zero-order valence-corrected chi connectivity index (χ0v) is 29.7. The second kappa shape index (κ2) is 17.9. The van der Waals surface area contributed by atoms with E-state index in [4.69, 9.17) is 14.2 Å². The summed E-state index contributed by atoms with van der Waals surface area (Å²) in [5, 5.41) is 12.5. The van der Waals surface area contributed by atoms with Crippen LogP contribution in [0.5, 0.6) is 0 Å². The quantitative estimate of drug-likeness (QED) is 0.115. The average molecular weight is 699 g/mol. The summed E-state index contributed by atoms with van der Waals surface area (Å²) >= 11 is 0. The predicted octanol–water partition coefficient (Wildman–Crippen LogP) is 7.66. The van der Waals surface area contributed by atoms with Crippen LogP contribution < -0.4 is 5.32 Å². The molecule has 1 saturated heterocycles. The number of benzene rings is 5. The molecule has 5 aromatic rings. The first-order valence-corrected chi connectivity index (χ1v) is 17.8. The summed E-state index contributed by atoms with van der Waals surface area (Å²) in [4.78, 5) is 26.3. The Bertz CT molecular complexity index is 1840. The van der Waals surface area contributed by atoms with Crippen molar-refractivity contribution in [2.24, 2.45) is 0 Å². The highest BCUT2D eigenvalue weighted by Gasteiger charge is 2.33. The maximum Gasteiger partial charge on any atom is 0.303 e. The molecule has 1 fully saturated rings. The molecule has 6 rings (SSSR count). The zero-order valence-electron chi connectivity index (χ0n) is 29.7. The summed E-state index contributed by atoms with van der Waals surface area (Å²) in [6.45, 7) is 5.40. The van der Waals surface area contributed by atoms with E-state index in [-0.39, 0.29) is 31.3 Å². The third-order valence-corrected chi connectivity index (χ3v) is 9.25. The van der Waals surface area contributed by atoms with Gasteiger partial charge in [0.25, 0.3) is 5.91 Å². The van der Waals surface area contributed by atoms with E-state index in [9.17, 15) is 14.7 Å². The van der Waals surface area contributed by atoms with Crippen molar-refractivity contribution >= 4 is 11.9 Å². The number of carbonyl (C=O) groups excluding carboxylic acids is 2.